The van der Waals surface area contributed by atoms with E-state index in [9.17, 15) is 4.79 Å². The maximum absolute atomic E-state index is 12.5. The number of rotatable bonds is 5. The quantitative estimate of drug-likeness (QED) is 0.884. The standard InChI is InChI=1S/C15H20ClNO/c1-2-7-15(8-4-9-17-15)14(18)11-12-5-3-6-13(16)10-12/h3,5-6,10,17H,2,4,7-9,11H2,1H3. The molecular weight excluding hydrogens is 246 g/mol. The number of nitrogens with one attached hydrogen (secondary N) is 1. The molecule has 98 valence electrons. The first-order chi connectivity index (χ1) is 8.66. The van der Waals surface area contributed by atoms with Crippen molar-refractivity contribution in [3.05, 3.63) is 34.9 Å². The summed E-state index contributed by atoms with van der Waals surface area (Å²) in [5.74, 6) is 0.309. The van der Waals surface area contributed by atoms with Crippen LogP contribution < -0.4 is 5.32 Å². The van der Waals surface area contributed by atoms with Crippen LogP contribution in [-0.4, -0.2) is 17.9 Å². The molecule has 1 N–H and O–H groups in total. The number of ketones is 1. The van der Waals surface area contributed by atoms with Gasteiger partial charge in [-0.15, -0.1) is 0 Å². The van der Waals surface area contributed by atoms with Gasteiger partial charge in [-0.2, -0.15) is 0 Å². The van der Waals surface area contributed by atoms with Gasteiger partial charge in [-0.1, -0.05) is 37.1 Å². The molecule has 0 radical (unpaired) electrons. The van der Waals surface area contributed by atoms with Crippen LogP contribution in [0.4, 0.5) is 0 Å². The van der Waals surface area contributed by atoms with Crippen molar-refractivity contribution in [3.8, 4) is 0 Å². The fourth-order valence-corrected chi connectivity index (χ4v) is 3.04. The monoisotopic (exact) mass is 265 g/mol. The maximum atomic E-state index is 12.5. The third-order valence-electron chi connectivity index (χ3n) is 3.71. The summed E-state index contributed by atoms with van der Waals surface area (Å²) in [5.41, 5.74) is 0.730. The molecule has 0 saturated carbocycles. The van der Waals surface area contributed by atoms with Crippen molar-refractivity contribution in [1.82, 2.24) is 5.32 Å². The Kier molecular flexibility index (Phi) is 4.41. The first-order valence-corrected chi connectivity index (χ1v) is 7.07. The number of hydrogen-bond acceptors (Lipinski definition) is 2. The zero-order chi connectivity index (χ0) is 13.0. The lowest BCUT2D eigenvalue weighted by Crippen LogP contribution is -2.48. The van der Waals surface area contributed by atoms with E-state index in [1.54, 1.807) is 0 Å². The highest BCUT2D eigenvalue weighted by Gasteiger charge is 2.39. The molecule has 1 heterocycles. The first kappa shape index (κ1) is 13.6. The van der Waals surface area contributed by atoms with Crippen molar-refractivity contribution < 1.29 is 4.79 Å². The van der Waals surface area contributed by atoms with E-state index in [0.717, 1.165) is 37.8 Å². The molecule has 1 aliphatic heterocycles. The lowest BCUT2D eigenvalue weighted by molar-refractivity contribution is -0.124. The molecule has 18 heavy (non-hydrogen) atoms. The van der Waals surface area contributed by atoms with Gasteiger partial charge in [-0.05, 0) is 43.5 Å². The molecule has 1 fully saturated rings. The Bertz CT molecular complexity index is 424. The van der Waals surface area contributed by atoms with E-state index >= 15 is 0 Å². The van der Waals surface area contributed by atoms with E-state index in [-0.39, 0.29) is 5.54 Å². The van der Waals surface area contributed by atoms with Gasteiger partial charge in [0.15, 0.2) is 5.78 Å². The van der Waals surface area contributed by atoms with Gasteiger partial charge in [0.1, 0.15) is 0 Å². The Morgan fingerprint density at radius 3 is 2.94 bits per heavy atom. The van der Waals surface area contributed by atoms with E-state index in [1.165, 1.54) is 0 Å². The summed E-state index contributed by atoms with van der Waals surface area (Å²) in [7, 11) is 0. The Hall–Kier alpha value is -0.860. The molecule has 0 aliphatic carbocycles. The van der Waals surface area contributed by atoms with Crippen LogP contribution in [0.25, 0.3) is 0 Å². The second-order valence-electron chi connectivity index (χ2n) is 5.09. The number of carbonyl (C=O) groups is 1. The van der Waals surface area contributed by atoms with Gasteiger partial charge in [0, 0.05) is 11.4 Å². The summed E-state index contributed by atoms with van der Waals surface area (Å²) in [4.78, 5) is 12.5. The van der Waals surface area contributed by atoms with Gasteiger partial charge < -0.3 is 5.32 Å². The first-order valence-electron chi connectivity index (χ1n) is 6.69. The molecule has 1 unspecified atom stereocenters. The minimum absolute atomic E-state index is 0.281. The van der Waals surface area contributed by atoms with E-state index in [4.69, 9.17) is 11.6 Å². The van der Waals surface area contributed by atoms with Crippen LogP contribution in [-0.2, 0) is 11.2 Å². The van der Waals surface area contributed by atoms with Gasteiger partial charge in [-0.25, -0.2) is 0 Å². The molecule has 1 saturated heterocycles. The second kappa shape index (κ2) is 5.85. The normalized spacial score (nSPS) is 23.2. The van der Waals surface area contributed by atoms with Crippen molar-refractivity contribution in [3.63, 3.8) is 0 Å². The lowest BCUT2D eigenvalue weighted by atomic mass is 9.84. The molecule has 1 aliphatic rings. The Balaban J connectivity index is 2.10. The third-order valence-corrected chi connectivity index (χ3v) is 3.94. The van der Waals surface area contributed by atoms with Crippen LogP contribution in [0.15, 0.2) is 24.3 Å². The van der Waals surface area contributed by atoms with E-state index in [1.807, 2.05) is 24.3 Å². The lowest BCUT2D eigenvalue weighted by Gasteiger charge is -2.27. The summed E-state index contributed by atoms with van der Waals surface area (Å²) >= 11 is 5.96. The fraction of sp³-hybridized carbons (Fsp3) is 0.533. The smallest absolute Gasteiger partial charge is 0.157 e. The number of carbonyl (C=O) groups excluding carboxylic acids is 1. The molecule has 2 rings (SSSR count). The minimum atomic E-state index is -0.281. The van der Waals surface area contributed by atoms with Gasteiger partial charge >= 0.3 is 0 Å². The Morgan fingerprint density at radius 1 is 1.50 bits per heavy atom. The van der Waals surface area contributed by atoms with Crippen molar-refractivity contribution in [2.24, 2.45) is 0 Å². The number of benzene rings is 1. The maximum Gasteiger partial charge on any atom is 0.157 e. The van der Waals surface area contributed by atoms with E-state index < -0.39 is 0 Å². The minimum Gasteiger partial charge on any atom is -0.305 e. The summed E-state index contributed by atoms with van der Waals surface area (Å²) in [6, 6.07) is 7.59. The summed E-state index contributed by atoms with van der Waals surface area (Å²) < 4.78 is 0. The molecule has 0 bridgehead atoms. The van der Waals surface area contributed by atoms with Crippen LogP contribution in [0.5, 0.6) is 0 Å². The zero-order valence-corrected chi connectivity index (χ0v) is 11.6. The zero-order valence-electron chi connectivity index (χ0n) is 10.8. The van der Waals surface area contributed by atoms with Gasteiger partial charge in [0.05, 0.1) is 5.54 Å². The molecule has 0 spiro atoms. The molecule has 1 aromatic carbocycles. The van der Waals surface area contributed by atoms with Gasteiger partial charge in [-0.3, -0.25) is 4.79 Å². The molecule has 1 atom stereocenters. The van der Waals surface area contributed by atoms with E-state index in [2.05, 4.69) is 12.2 Å². The van der Waals surface area contributed by atoms with Crippen molar-refractivity contribution in [2.75, 3.05) is 6.54 Å². The van der Waals surface area contributed by atoms with Gasteiger partial charge in [0.25, 0.3) is 0 Å². The number of halogens is 1. The number of hydrogen-bond donors (Lipinski definition) is 1. The highest BCUT2D eigenvalue weighted by Crippen LogP contribution is 2.27. The van der Waals surface area contributed by atoms with Crippen molar-refractivity contribution >= 4 is 17.4 Å². The average Bonchev–Trinajstić information content (AvgIpc) is 2.79. The molecule has 0 amide bonds. The molecule has 0 aromatic heterocycles. The Labute approximate surface area is 114 Å². The highest BCUT2D eigenvalue weighted by atomic mass is 35.5. The van der Waals surface area contributed by atoms with Crippen LogP contribution in [0.3, 0.4) is 0 Å². The SMILES string of the molecule is CCCC1(C(=O)Cc2cccc(Cl)c2)CCCN1. The molecule has 1 aromatic rings. The molecule has 3 heteroatoms. The summed E-state index contributed by atoms with van der Waals surface area (Å²) in [5, 5.41) is 4.12. The molecule has 2 nitrogen and oxygen atoms in total. The fourth-order valence-electron chi connectivity index (χ4n) is 2.83. The highest BCUT2D eigenvalue weighted by molar-refractivity contribution is 6.30. The third kappa shape index (κ3) is 2.93. The summed E-state index contributed by atoms with van der Waals surface area (Å²) in [6.45, 7) is 3.09. The number of Topliss-reactive ketones (excluding diaryl/α,β-unsaturated/α-hetero) is 1. The molecular formula is C15H20ClNO. The summed E-state index contributed by atoms with van der Waals surface area (Å²) in [6.07, 6.45) is 4.52. The average molecular weight is 266 g/mol. The van der Waals surface area contributed by atoms with Crippen LogP contribution in [0.1, 0.15) is 38.2 Å². The van der Waals surface area contributed by atoms with Crippen LogP contribution in [0.2, 0.25) is 5.02 Å². The topological polar surface area (TPSA) is 29.1 Å². The van der Waals surface area contributed by atoms with Crippen molar-refractivity contribution in [1.29, 1.82) is 0 Å². The van der Waals surface area contributed by atoms with Gasteiger partial charge in [0.2, 0.25) is 0 Å². The predicted octanol–water partition coefficient (Wildman–Crippen LogP) is 3.37. The van der Waals surface area contributed by atoms with E-state index in [0.29, 0.717) is 17.2 Å². The van der Waals surface area contributed by atoms with Crippen molar-refractivity contribution in [2.45, 2.75) is 44.6 Å². The Morgan fingerprint density at radius 2 is 2.33 bits per heavy atom. The van der Waals surface area contributed by atoms with Crippen LogP contribution in [0, 0.1) is 0 Å². The largest absolute Gasteiger partial charge is 0.305 e. The van der Waals surface area contributed by atoms with Crippen LogP contribution >= 0.6 is 11.6 Å². The second-order valence-corrected chi connectivity index (χ2v) is 5.53. The predicted molar refractivity (Wildman–Crippen MR) is 75.0 cm³/mol.